The van der Waals surface area contributed by atoms with E-state index < -0.39 is 0 Å². The lowest BCUT2D eigenvalue weighted by atomic mass is 10.1. The molecule has 0 aliphatic carbocycles. The quantitative estimate of drug-likeness (QED) is 0.646. The van der Waals surface area contributed by atoms with E-state index in [9.17, 15) is 14.4 Å². The number of anilines is 1. The number of nitrogens with one attached hydrogen (secondary N) is 3. The van der Waals surface area contributed by atoms with Gasteiger partial charge in [0.25, 0.3) is 11.8 Å². The summed E-state index contributed by atoms with van der Waals surface area (Å²) in [5.74, 6) is -0.374. The lowest BCUT2D eigenvalue weighted by Crippen LogP contribution is -3.15. The summed E-state index contributed by atoms with van der Waals surface area (Å²) in [6.07, 6.45) is 0. The Bertz CT molecular complexity index is 886. The molecular weight excluding hydrogens is 380 g/mol. The van der Waals surface area contributed by atoms with Gasteiger partial charge in [0, 0.05) is 11.3 Å². The van der Waals surface area contributed by atoms with Crippen LogP contribution in [0.25, 0.3) is 0 Å². The number of nitrogens with zero attached hydrogens (tertiary/aromatic N) is 1. The van der Waals surface area contributed by atoms with Gasteiger partial charge < -0.3 is 20.4 Å². The maximum atomic E-state index is 12.5. The lowest BCUT2D eigenvalue weighted by molar-refractivity contribution is -0.896. The Kier molecular flexibility index (Phi) is 7.19. The molecule has 2 aromatic carbocycles. The van der Waals surface area contributed by atoms with Crippen molar-refractivity contribution in [3.63, 3.8) is 0 Å². The molecule has 1 aliphatic rings. The predicted molar refractivity (Wildman–Crippen MR) is 115 cm³/mol. The largest absolute Gasteiger partial charge is 0.342 e. The molecule has 0 aromatic heterocycles. The van der Waals surface area contributed by atoms with Crippen LogP contribution in [0.5, 0.6) is 0 Å². The zero-order chi connectivity index (χ0) is 21.5. The second-order valence-electron chi connectivity index (χ2n) is 7.68. The van der Waals surface area contributed by atoms with Crippen LogP contribution >= 0.6 is 0 Å². The molecular formula is C23H29N4O3+. The van der Waals surface area contributed by atoms with Crippen LogP contribution in [0.4, 0.5) is 5.69 Å². The first-order valence-corrected chi connectivity index (χ1v) is 10.2. The molecule has 1 saturated heterocycles. The topological polar surface area (TPSA) is 82.9 Å². The molecule has 7 heteroatoms. The van der Waals surface area contributed by atoms with Crippen LogP contribution in [0, 0.1) is 13.8 Å². The van der Waals surface area contributed by atoms with Crippen LogP contribution in [-0.4, -0.2) is 61.9 Å². The molecule has 3 rings (SSSR count). The number of aryl methyl sites for hydroxylation is 2. The number of amides is 3. The molecule has 30 heavy (non-hydrogen) atoms. The van der Waals surface area contributed by atoms with E-state index in [0.29, 0.717) is 38.3 Å². The normalized spacial score (nSPS) is 14.3. The number of rotatable bonds is 6. The number of carbonyl (C=O) groups excluding carboxylic acids is 3. The summed E-state index contributed by atoms with van der Waals surface area (Å²) in [6.45, 7) is 6.76. The van der Waals surface area contributed by atoms with Crippen molar-refractivity contribution in [1.82, 2.24) is 10.2 Å². The third-order valence-electron chi connectivity index (χ3n) is 5.38. The van der Waals surface area contributed by atoms with Crippen molar-refractivity contribution in [2.24, 2.45) is 0 Å². The lowest BCUT2D eigenvalue weighted by Gasteiger charge is -2.31. The third-order valence-corrected chi connectivity index (χ3v) is 5.38. The van der Waals surface area contributed by atoms with Crippen molar-refractivity contribution in [3.05, 3.63) is 65.2 Å². The summed E-state index contributed by atoms with van der Waals surface area (Å²) in [6, 6.07) is 15.1. The second-order valence-corrected chi connectivity index (χ2v) is 7.68. The smallest absolute Gasteiger partial charge is 0.275 e. The number of hydrogen-bond acceptors (Lipinski definition) is 3. The van der Waals surface area contributed by atoms with Crippen LogP contribution in [0.3, 0.4) is 0 Å². The predicted octanol–water partition coefficient (Wildman–Crippen LogP) is 0.399. The Morgan fingerprint density at radius 2 is 1.53 bits per heavy atom. The Balaban J connectivity index is 1.40. The van der Waals surface area contributed by atoms with E-state index in [2.05, 4.69) is 10.6 Å². The van der Waals surface area contributed by atoms with E-state index in [4.69, 9.17) is 0 Å². The number of para-hydroxylation sites is 1. The van der Waals surface area contributed by atoms with Crippen molar-refractivity contribution >= 4 is 23.4 Å². The maximum absolute atomic E-state index is 12.5. The number of carbonyl (C=O) groups is 3. The van der Waals surface area contributed by atoms with Crippen molar-refractivity contribution in [2.75, 3.05) is 44.6 Å². The molecule has 0 radical (unpaired) electrons. The minimum absolute atomic E-state index is 0.0299. The molecule has 3 N–H and O–H groups in total. The van der Waals surface area contributed by atoms with E-state index in [1.54, 1.807) is 0 Å². The number of benzene rings is 2. The van der Waals surface area contributed by atoms with Gasteiger partial charge in [0.15, 0.2) is 6.54 Å². The highest BCUT2D eigenvalue weighted by Gasteiger charge is 2.25. The molecule has 0 saturated carbocycles. The van der Waals surface area contributed by atoms with E-state index in [1.165, 1.54) is 0 Å². The zero-order valence-corrected chi connectivity index (χ0v) is 17.5. The number of piperazine rings is 1. The fraction of sp³-hybridized carbons (Fsp3) is 0.348. The number of hydrogen-bond donors (Lipinski definition) is 3. The standard InChI is InChI=1S/C23H28N4O3/c1-17-7-6-8-18(2)22(17)25-20(28)15-24-21(29)16-26-11-13-27(14-12-26)23(30)19-9-4-3-5-10-19/h3-10H,11-16H2,1-2H3,(H,24,29)(H,25,28)/p+1. The van der Waals surface area contributed by atoms with E-state index in [0.717, 1.165) is 21.7 Å². The first kappa shape index (κ1) is 21.5. The van der Waals surface area contributed by atoms with Gasteiger partial charge in [0.05, 0.1) is 32.7 Å². The number of quaternary nitrogens is 1. The summed E-state index contributed by atoms with van der Waals surface area (Å²) < 4.78 is 0. The molecule has 1 aliphatic heterocycles. The van der Waals surface area contributed by atoms with Gasteiger partial charge in [-0.3, -0.25) is 14.4 Å². The zero-order valence-electron chi connectivity index (χ0n) is 17.5. The first-order chi connectivity index (χ1) is 14.4. The molecule has 1 heterocycles. The van der Waals surface area contributed by atoms with Gasteiger partial charge in [-0.05, 0) is 37.1 Å². The summed E-state index contributed by atoms with van der Waals surface area (Å²) in [4.78, 5) is 39.9. The third kappa shape index (κ3) is 5.67. The summed E-state index contributed by atoms with van der Waals surface area (Å²) >= 11 is 0. The summed E-state index contributed by atoms with van der Waals surface area (Å²) in [7, 11) is 0. The van der Waals surface area contributed by atoms with Gasteiger partial charge in [-0.2, -0.15) is 0 Å². The highest BCUT2D eigenvalue weighted by molar-refractivity contribution is 5.96. The Morgan fingerprint density at radius 1 is 0.900 bits per heavy atom. The first-order valence-electron chi connectivity index (χ1n) is 10.2. The summed E-state index contributed by atoms with van der Waals surface area (Å²) in [5, 5.41) is 5.56. The average molecular weight is 410 g/mol. The minimum Gasteiger partial charge on any atom is -0.342 e. The van der Waals surface area contributed by atoms with Crippen molar-refractivity contribution in [2.45, 2.75) is 13.8 Å². The molecule has 0 unspecified atom stereocenters. The van der Waals surface area contributed by atoms with Gasteiger partial charge in [0.1, 0.15) is 0 Å². The fourth-order valence-corrected chi connectivity index (χ4v) is 3.63. The monoisotopic (exact) mass is 409 g/mol. The molecule has 0 spiro atoms. The van der Waals surface area contributed by atoms with E-state index >= 15 is 0 Å². The van der Waals surface area contributed by atoms with Gasteiger partial charge in [-0.15, -0.1) is 0 Å². The highest BCUT2D eigenvalue weighted by atomic mass is 16.2. The Labute approximate surface area is 177 Å². The van der Waals surface area contributed by atoms with Crippen LogP contribution < -0.4 is 15.5 Å². The van der Waals surface area contributed by atoms with E-state index in [1.807, 2.05) is 67.3 Å². The molecule has 2 aromatic rings. The average Bonchev–Trinajstić information content (AvgIpc) is 2.75. The van der Waals surface area contributed by atoms with Crippen LogP contribution in [-0.2, 0) is 9.59 Å². The van der Waals surface area contributed by atoms with Crippen LogP contribution in [0.2, 0.25) is 0 Å². The van der Waals surface area contributed by atoms with Crippen molar-refractivity contribution in [1.29, 1.82) is 0 Å². The van der Waals surface area contributed by atoms with Crippen LogP contribution in [0.15, 0.2) is 48.5 Å². The van der Waals surface area contributed by atoms with Gasteiger partial charge in [0.2, 0.25) is 5.91 Å². The van der Waals surface area contributed by atoms with Gasteiger partial charge >= 0.3 is 0 Å². The van der Waals surface area contributed by atoms with E-state index in [-0.39, 0.29) is 24.3 Å². The van der Waals surface area contributed by atoms with Gasteiger partial charge in [-0.1, -0.05) is 36.4 Å². The highest BCUT2D eigenvalue weighted by Crippen LogP contribution is 2.18. The second kappa shape index (κ2) is 10.0. The molecule has 0 atom stereocenters. The molecule has 158 valence electrons. The maximum Gasteiger partial charge on any atom is 0.275 e. The van der Waals surface area contributed by atoms with Gasteiger partial charge in [-0.25, -0.2) is 0 Å². The SMILES string of the molecule is Cc1cccc(C)c1NC(=O)CNC(=O)C[NH+]1CCN(C(=O)c2ccccc2)CC1. The molecule has 0 bridgehead atoms. The molecule has 7 nitrogen and oxygen atoms in total. The molecule has 1 fully saturated rings. The Morgan fingerprint density at radius 3 is 2.17 bits per heavy atom. The van der Waals surface area contributed by atoms with Crippen LogP contribution in [0.1, 0.15) is 21.5 Å². The Hall–Kier alpha value is -3.19. The summed E-state index contributed by atoms with van der Waals surface area (Å²) in [5.41, 5.74) is 3.46. The fourth-order valence-electron chi connectivity index (χ4n) is 3.63. The van der Waals surface area contributed by atoms with Crippen molar-refractivity contribution < 1.29 is 19.3 Å². The minimum atomic E-state index is -0.242. The molecule has 3 amide bonds. The van der Waals surface area contributed by atoms with Crippen molar-refractivity contribution in [3.8, 4) is 0 Å².